The molecule has 1 aromatic carbocycles. The second kappa shape index (κ2) is 5.58. The number of nitrogens with one attached hydrogen (secondary N) is 1. The van der Waals surface area contributed by atoms with Crippen LogP contribution in [0.4, 0.5) is 5.69 Å². The molecule has 0 aliphatic rings. The van der Waals surface area contributed by atoms with Gasteiger partial charge >= 0.3 is 0 Å². The molecule has 0 fully saturated rings. The summed E-state index contributed by atoms with van der Waals surface area (Å²) in [5.74, 6) is 0. The highest BCUT2D eigenvalue weighted by atomic mass is 35.5. The maximum absolute atomic E-state index is 6.05. The maximum Gasteiger partial charge on any atom is 0.0719 e. The molecule has 0 saturated carbocycles. The smallest absolute Gasteiger partial charge is 0.0719 e. The van der Waals surface area contributed by atoms with Gasteiger partial charge < -0.3 is 5.32 Å². The van der Waals surface area contributed by atoms with E-state index in [-0.39, 0.29) is 0 Å². The number of hydrogen-bond donors (Lipinski definition) is 1. The third-order valence-corrected chi connectivity index (χ3v) is 3.78. The Hall–Kier alpha value is -0.700. The molecule has 0 bridgehead atoms. The molecule has 1 N–H and O–H groups in total. The molecule has 0 unspecified atom stereocenters. The van der Waals surface area contributed by atoms with E-state index in [2.05, 4.69) is 22.8 Å². The summed E-state index contributed by atoms with van der Waals surface area (Å²) in [6.45, 7) is 0.837. The highest BCUT2D eigenvalue weighted by molar-refractivity contribution is 7.09. The number of para-hydroxylation sites is 1. The number of rotatable bonds is 4. The van der Waals surface area contributed by atoms with Crippen LogP contribution in [0.1, 0.15) is 4.88 Å². The van der Waals surface area contributed by atoms with Gasteiger partial charge in [0.25, 0.3) is 0 Å². The number of hydrogen-bond acceptors (Lipinski definition) is 2. The summed E-state index contributed by atoms with van der Waals surface area (Å²) in [6, 6.07) is 9.69. The Kier molecular flexibility index (Phi) is 4.10. The van der Waals surface area contributed by atoms with Crippen LogP contribution in [0.3, 0.4) is 0 Å². The molecule has 2 aromatic rings. The van der Waals surface area contributed by atoms with Gasteiger partial charge in [0.15, 0.2) is 0 Å². The van der Waals surface area contributed by atoms with Gasteiger partial charge in [-0.15, -0.1) is 11.3 Å². The van der Waals surface area contributed by atoms with Gasteiger partial charge in [-0.3, -0.25) is 0 Å². The molecule has 0 atom stereocenters. The normalized spacial score (nSPS) is 10.4. The van der Waals surface area contributed by atoms with Gasteiger partial charge in [0.2, 0.25) is 0 Å². The highest BCUT2D eigenvalue weighted by Crippen LogP contribution is 2.29. The van der Waals surface area contributed by atoms with E-state index in [0.29, 0.717) is 10.0 Å². The van der Waals surface area contributed by atoms with Gasteiger partial charge in [-0.2, -0.15) is 0 Å². The van der Waals surface area contributed by atoms with E-state index in [0.717, 1.165) is 18.7 Å². The lowest BCUT2D eigenvalue weighted by molar-refractivity contribution is 1.04. The lowest BCUT2D eigenvalue weighted by atomic mass is 10.3. The van der Waals surface area contributed by atoms with E-state index in [1.54, 1.807) is 11.3 Å². The zero-order valence-corrected chi connectivity index (χ0v) is 10.9. The van der Waals surface area contributed by atoms with Crippen LogP contribution in [0.25, 0.3) is 0 Å². The van der Waals surface area contributed by atoms with Crippen LogP contribution in [0.15, 0.2) is 35.7 Å². The van der Waals surface area contributed by atoms with E-state index >= 15 is 0 Å². The predicted octanol–water partition coefficient (Wildman–Crippen LogP) is 4.71. The summed E-state index contributed by atoms with van der Waals surface area (Å²) in [5, 5.41) is 6.67. The fourth-order valence-corrected chi connectivity index (χ4v) is 2.67. The zero-order chi connectivity index (χ0) is 11.4. The van der Waals surface area contributed by atoms with Crippen molar-refractivity contribution in [3.8, 4) is 0 Å². The van der Waals surface area contributed by atoms with Crippen molar-refractivity contribution in [3.05, 3.63) is 50.6 Å². The van der Waals surface area contributed by atoms with E-state index in [4.69, 9.17) is 23.2 Å². The lowest BCUT2D eigenvalue weighted by Gasteiger charge is -2.09. The Morgan fingerprint density at radius 3 is 2.44 bits per heavy atom. The van der Waals surface area contributed by atoms with Crippen molar-refractivity contribution in [2.24, 2.45) is 0 Å². The van der Waals surface area contributed by atoms with Crippen LogP contribution >= 0.6 is 34.5 Å². The fourth-order valence-electron chi connectivity index (χ4n) is 1.43. The second-order valence-corrected chi connectivity index (χ2v) is 5.20. The molecule has 84 valence electrons. The number of anilines is 1. The van der Waals surface area contributed by atoms with Crippen molar-refractivity contribution >= 4 is 40.2 Å². The molecular formula is C12H11Cl2NS. The predicted molar refractivity (Wildman–Crippen MR) is 73.0 cm³/mol. The van der Waals surface area contributed by atoms with Crippen LogP contribution in [-0.4, -0.2) is 6.54 Å². The van der Waals surface area contributed by atoms with E-state index in [9.17, 15) is 0 Å². The van der Waals surface area contributed by atoms with Crippen LogP contribution in [0, 0.1) is 0 Å². The lowest BCUT2D eigenvalue weighted by Crippen LogP contribution is -2.04. The minimum atomic E-state index is 0.665. The van der Waals surface area contributed by atoms with Crippen molar-refractivity contribution in [1.82, 2.24) is 0 Å². The van der Waals surface area contributed by atoms with Gasteiger partial charge in [-0.1, -0.05) is 35.3 Å². The molecule has 0 aliphatic heterocycles. The van der Waals surface area contributed by atoms with Crippen molar-refractivity contribution in [3.63, 3.8) is 0 Å². The molecule has 0 radical (unpaired) electrons. The SMILES string of the molecule is Clc1cccc(Cl)c1NCCc1cccs1. The van der Waals surface area contributed by atoms with Crippen LogP contribution < -0.4 is 5.32 Å². The first-order chi connectivity index (χ1) is 7.77. The first-order valence-electron chi connectivity index (χ1n) is 4.97. The van der Waals surface area contributed by atoms with Gasteiger partial charge in [0.05, 0.1) is 15.7 Å². The molecule has 0 aliphatic carbocycles. The third kappa shape index (κ3) is 2.91. The molecule has 0 saturated heterocycles. The summed E-state index contributed by atoms with van der Waals surface area (Å²) in [4.78, 5) is 1.36. The largest absolute Gasteiger partial charge is 0.382 e. The van der Waals surface area contributed by atoms with Crippen LogP contribution in [0.2, 0.25) is 10.0 Å². The molecular weight excluding hydrogens is 261 g/mol. The zero-order valence-electron chi connectivity index (χ0n) is 8.54. The van der Waals surface area contributed by atoms with Gasteiger partial charge in [-0.25, -0.2) is 0 Å². The van der Waals surface area contributed by atoms with E-state index in [1.165, 1.54) is 4.88 Å². The Morgan fingerprint density at radius 2 is 1.81 bits per heavy atom. The summed E-state index contributed by atoms with van der Waals surface area (Å²) in [6.07, 6.45) is 0.985. The minimum Gasteiger partial charge on any atom is -0.382 e. The molecule has 0 spiro atoms. The molecule has 2 rings (SSSR count). The topological polar surface area (TPSA) is 12.0 Å². The van der Waals surface area contributed by atoms with Gasteiger partial charge in [0.1, 0.15) is 0 Å². The molecule has 0 amide bonds. The van der Waals surface area contributed by atoms with Crippen LogP contribution in [-0.2, 0) is 6.42 Å². The Balaban J connectivity index is 1.95. The molecule has 1 nitrogen and oxygen atoms in total. The van der Waals surface area contributed by atoms with Gasteiger partial charge in [0, 0.05) is 11.4 Å². The first kappa shape index (κ1) is 11.8. The summed E-state index contributed by atoms with van der Waals surface area (Å²) >= 11 is 13.9. The Bertz CT molecular complexity index is 434. The standard InChI is InChI=1S/C12H11Cl2NS/c13-10-4-1-5-11(14)12(10)15-7-6-9-3-2-8-16-9/h1-5,8,15H,6-7H2. The monoisotopic (exact) mass is 271 g/mol. The van der Waals surface area contributed by atoms with Crippen molar-refractivity contribution in [1.29, 1.82) is 0 Å². The summed E-state index contributed by atoms with van der Waals surface area (Å²) in [5.41, 5.74) is 0.822. The average molecular weight is 272 g/mol. The Labute approximate surface area is 109 Å². The quantitative estimate of drug-likeness (QED) is 0.849. The van der Waals surface area contributed by atoms with Crippen molar-refractivity contribution in [2.75, 3.05) is 11.9 Å². The minimum absolute atomic E-state index is 0.665. The molecule has 1 heterocycles. The average Bonchev–Trinajstić information content (AvgIpc) is 2.75. The van der Waals surface area contributed by atoms with Gasteiger partial charge in [-0.05, 0) is 30.0 Å². The molecule has 16 heavy (non-hydrogen) atoms. The third-order valence-electron chi connectivity index (χ3n) is 2.22. The number of benzene rings is 1. The number of halogens is 2. The second-order valence-electron chi connectivity index (χ2n) is 3.35. The number of thiophene rings is 1. The highest BCUT2D eigenvalue weighted by Gasteiger charge is 2.04. The summed E-state index contributed by atoms with van der Waals surface area (Å²) < 4.78 is 0. The van der Waals surface area contributed by atoms with Crippen molar-refractivity contribution < 1.29 is 0 Å². The van der Waals surface area contributed by atoms with E-state index < -0.39 is 0 Å². The first-order valence-corrected chi connectivity index (χ1v) is 6.61. The fraction of sp³-hybridized carbons (Fsp3) is 0.167. The maximum atomic E-state index is 6.05. The van der Waals surface area contributed by atoms with Crippen LogP contribution in [0.5, 0.6) is 0 Å². The Morgan fingerprint density at radius 1 is 1.06 bits per heavy atom. The van der Waals surface area contributed by atoms with Crippen molar-refractivity contribution in [2.45, 2.75) is 6.42 Å². The van der Waals surface area contributed by atoms with E-state index in [1.807, 2.05) is 18.2 Å². The molecule has 4 heteroatoms. The summed E-state index contributed by atoms with van der Waals surface area (Å²) in [7, 11) is 0. The molecule has 1 aromatic heterocycles.